The molecule has 1 amide bonds. The van der Waals surface area contributed by atoms with Gasteiger partial charge >= 0.3 is 0 Å². The van der Waals surface area contributed by atoms with E-state index in [1.165, 1.54) is 10.5 Å². The smallest absolute Gasteiger partial charge is 0.261 e. The first kappa shape index (κ1) is 22.1. The van der Waals surface area contributed by atoms with E-state index in [4.69, 9.17) is 22.3 Å². The maximum absolute atomic E-state index is 13.6. The van der Waals surface area contributed by atoms with Gasteiger partial charge in [-0.25, -0.2) is 4.99 Å². The van der Waals surface area contributed by atoms with Crippen molar-refractivity contribution >= 4 is 39.4 Å². The minimum Gasteiger partial charge on any atom is -0.369 e. The van der Waals surface area contributed by atoms with Gasteiger partial charge in [0.05, 0.1) is 5.02 Å². The first-order valence-corrected chi connectivity index (χ1v) is 12.0. The number of halogens is 2. The average Bonchev–Trinajstić information content (AvgIpc) is 2.99. The summed E-state index contributed by atoms with van der Waals surface area (Å²) in [4.78, 5) is 24.1. The maximum atomic E-state index is 13.6. The number of nitrogens with zero attached hydrogens (tertiary/aromatic N) is 3. The Kier molecular flexibility index (Phi) is 5.33. The third kappa shape index (κ3) is 3.85. The molecule has 5 nitrogen and oxygen atoms in total. The van der Waals surface area contributed by atoms with Gasteiger partial charge in [-0.1, -0.05) is 58.7 Å². The van der Waals surface area contributed by atoms with Crippen molar-refractivity contribution < 1.29 is 4.79 Å². The number of aliphatic imine (C=N–C) groups is 1. The van der Waals surface area contributed by atoms with Crippen LogP contribution in [0.4, 0.5) is 0 Å². The molecule has 2 aliphatic rings. The zero-order valence-corrected chi connectivity index (χ0v) is 20.8. The number of guanidine groups is 1. The van der Waals surface area contributed by atoms with Gasteiger partial charge in [0.25, 0.3) is 5.91 Å². The highest BCUT2D eigenvalue weighted by Gasteiger charge is 2.55. The fraction of sp³-hybridized carbons (Fsp3) is 0.269. The molecule has 7 heteroatoms. The summed E-state index contributed by atoms with van der Waals surface area (Å²) < 4.78 is 1.05. The first-order chi connectivity index (χ1) is 15.7. The quantitative estimate of drug-likeness (QED) is 0.504. The summed E-state index contributed by atoms with van der Waals surface area (Å²) in [5.74, 6) is 0.179. The SMILES string of the molecule is CN1C(=O)C2(CC(C)(Cc3ccc(Br)cc3)Cc3ccc(-c4cncc(Cl)c4)cc32)N=C1N. The molecule has 2 atom stereocenters. The van der Waals surface area contributed by atoms with Crippen LogP contribution in [0.5, 0.6) is 0 Å². The van der Waals surface area contributed by atoms with Crippen LogP contribution in [-0.2, 0) is 23.2 Å². The fourth-order valence-electron chi connectivity index (χ4n) is 5.31. The lowest BCUT2D eigenvalue weighted by molar-refractivity contribution is -0.132. The molecule has 3 aromatic rings. The number of fused-ring (bicyclic) bond motifs is 2. The number of aromatic nitrogens is 1. The largest absolute Gasteiger partial charge is 0.369 e. The zero-order valence-electron chi connectivity index (χ0n) is 18.5. The Morgan fingerprint density at radius 3 is 2.55 bits per heavy atom. The second kappa shape index (κ2) is 7.96. The predicted molar refractivity (Wildman–Crippen MR) is 135 cm³/mol. The van der Waals surface area contributed by atoms with E-state index in [1.807, 2.05) is 6.07 Å². The highest BCUT2D eigenvalue weighted by Crippen LogP contribution is 2.51. The number of benzene rings is 2. The van der Waals surface area contributed by atoms with E-state index in [0.29, 0.717) is 11.4 Å². The summed E-state index contributed by atoms with van der Waals surface area (Å²) in [5, 5.41) is 0.570. The van der Waals surface area contributed by atoms with Gasteiger partial charge in [-0.05, 0) is 71.2 Å². The van der Waals surface area contributed by atoms with Crippen LogP contribution in [0.1, 0.15) is 30.0 Å². The molecule has 1 aliphatic heterocycles. The predicted octanol–water partition coefficient (Wildman–Crippen LogP) is 5.34. The molecule has 0 saturated carbocycles. The minimum absolute atomic E-state index is 0.0793. The topological polar surface area (TPSA) is 71.6 Å². The molecule has 2 heterocycles. The first-order valence-electron chi connectivity index (χ1n) is 10.8. The Morgan fingerprint density at radius 1 is 1.12 bits per heavy atom. The molecule has 2 N–H and O–H groups in total. The van der Waals surface area contributed by atoms with Gasteiger partial charge < -0.3 is 5.73 Å². The number of hydrogen-bond donors (Lipinski definition) is 1. The summed E-state index contributed by atoms with van der Waals surface area (Å²) in [7, 11) is 1.70. The van der Waals surface area contributed by atoms with Crippen LogP contribution in [0, 0.1) is 5.41 Å². The Morgan fingerprint density at radius 2 is 1.88 bits per heavy atom. The van der Waals surface area contributed by atoms with E-state index in [1.54, 1.807) is 19.4 Å². The van der Waals surface area contributed by atoms with Crippen molar-refractivity contribution in [1.82, 2.24) is 9.88 Å². The lowest BCUT2D eigenvalue weighted by Crippen LogP contribution is -2.47. The number of hydrogen-bond acceptors (Lipinski definition) is 4. The Hall–Kier alpha value is -2.70. The second-order valence-electron chi connectivity index (χ2n) is 9.43. The molecule has 33 heavy (non-hydrogen) atoms. The standard InChI is InChI=1S/C26H24BrClN4O/c1-25(11-16-3-7-20(27)8-4-16)12-18-6-5-17(19-9-21(28)14-30-13-19)10-22(18)26(15-25)23(33)32(2)24(29)31-26/h3-10,13-14H,11-12,15H2,1-2H3,(H2,29,31). The van der Waals surface area contributed by atoms with Crippen molar-refractivity contribution in [2.75, 3.05) is 7.05 Å². The number of likely N-dealkylation sites (N-methyl/N-ethyl adjacent to an activating group) is 1. The van der Waals surface area contributed by atoms with Crippen molar-refractivity contribution in [2.45, 2.75) is 31.7 Å². The normalized spacial score (nSPS) is 24.2. The average molecular weight is 524 g/mol. The summed E-state index contributed by atoms with van der Waals surface area (Å²) >= 11 is 9.69. The number of amides is 1. The van der Waals surface area contributed by atoms with E-state index in [-0.39, 0.29) is 17.3 Å². The van der Waals surface area contributed by atoms with Gasteiger partial charge in [0, 0.05) is 29.5 Å². The molecule has 0 radical (unpaired) electrons. The minimum atomic E-state index is -1.03. The third-order valence-electron chi connectivity index (χ3n) is 6.75. The Bertz CT molecular complexity index is 1290. The molecule has 5 rings (SSSR count). The van der Waals surface area contributed by atoms with Gasteiger partial charge in [0.15, 0.2) is 11.5 Å². The molecule has 1 aromatic heterocycles. The molecule has 0 bridgehead atoms. The third-order valence-corrected chi connectivity index (χ3v) is 7.48. The van der Waals surface area contributed by atoms with Crippen LogP contribution in [0.2, 0.25) is 5.02 Å². The summed E-state index contributed by atoms with van der Waals surface area (Å²) in [6.45, 7) is 2.24. The zero-order chi connectivity index (χ0) is 23.4. The molecule has 0 fully saturated rings. The molecule has 2 unspecified atom stereocenters. The van der Waals surface area contributed by atoms with E-state index in [0.717, 1.165) is 39.6 Å². The lowest BCUT2D eigenvalue weighted by atomic mass is 9.62. The second-order valence-corrected chi connectivity index (χ2v) is 10.8. The van der Waals surface area contributed by atoms with Crippen LogP contribution in [0.15, 0.2) is 70.4 Å². The monoisotopic (exact) mass is 522 g/mol. The van der Waals surface area contributed by atoms with Crippen molar-refractivity contribution in [1.29, 1.82) is 0 Å². The number of nitrogens with two attached hydrogens (primary N) is 1. The summed E-state index contributed by atoms with van der Waals surface area (Å²) in [6.07, 6.45) is 5.67. The molecule has 0 saturated heterocycles. The van der Waals surface area contributed by atoms with Crippen LogP contribution >= 0.6 is 27.5 Å². The van der Waals surface area contributed by atoms with Crippen LogP contribution in [0.3, 0.4) is 0 Å². The maximum Gasteiger partial charge on any atom is 0.261 e. The van der Waals surface area contributed by atoms with Crippen molar-refractivity contribution in [3.63, 3.8) is 0 Å². The number of carbonyl (C=O) groups is 1. The van der Waals surface area contributed by atoms with E-state index >= 15 is 0 Å². The number of pyridine rings is 1. The summed E-state index contributed by atoms with van der Waals surface area (Å²) in [6, 6.07) is 16.5. The molecule has 1 aliphatic carbocycles. The van der Waals surface area contributed by atoms with Crippen LogP contribution < -0.4 is 5.73 Å². The summed E-state index contributed by atoms with van der Waals surface area (Å²) in [5.41, 5.74) is 10.1. The molecular weight excluding hydrogens is 500 g/mol. The van der Waals surface area contributed by atoms with E-state index in [9.17, 15) is 4.79 Å². The van der Waals surface area contributed by atoms with Gasteiger partial charge in [0.1, 0.15) is 0 Å². The van der Waals surface area contributed by atoms with Gasteiger partial charge in [0.2, 0.25) is 0 Å². The van der Waals surface area contributed by atoms with Crippen molar-refractivity contribution in [3.8, 4) is 11.1 Å². The lowest BCUT2D eigenvalue weighted by Gasteiger charge is -2.43. The number of rotatable bonds is 3. The number of carbonyl (C=O) groups excluding carboxylic acids is 1. The van der Waals surface area contributed by atoms with Crippen LogP contribution in [0.25, 0.3) is 11.1 Å². The fourth-order valence-corrected chi connectivity index (χ4v) is 5.75. The van der Waals surface area contributed by atoms with Crippen molar-refractivity contribution in [2.24, 2.45) is 16.1 Å². The van der Waals surface area contributed by atoms with Gasteiger partial charge in [-0.15, -0.1) is 0 Å². The molecule has 168 valence electrons. The van der Waals surface area contributed by atoms with Gasteiger partial charge in [-0.2, -0.15) is 0 Å². The van der Waals surface area contributed by atoms with Crippen LogP contribution in [-0.4, -0.2) is 28.8 Å². The highest BCUT2D eigenvalue weighted by molar-refractivity contribution is 9.10. The van der Waals surface area contributed by atoms with E-state index in [2.05, 4.69) is 70.3 Å². The van der Waals surface area contributed by atoms with Crippen molar-refractivity contribution in [3.05, 3.63) is 87.1 Å². The van der Waals surface area contributed by atoms with E-state index < -0.39 is 5.54 Å². The molecule has 2 aromatic carbocycles. The van der Waals surface area contributed by atoms with Gasteiger partial charge in [-0.3, -0.25) is 14.7 Å². The Balaban J connectivity index is 1.63. The molecule has 1 spiro atoms. The Labute approximate surface area is 206 Å². The highest BCUT2D eigenvalue weighted by atomic mass is 79.9. The molecular formula is C26H24BrClN4O.